The van der Waals surface area contributed by atoms with Crippen LogP contribution in [0.5, 0.6) is 17.2 Å². The van der Waals surface area contributed by atoms with Crippen LogP contribution in [0.2, 0.25) is 0 Å². The zero-order valence-corrected chi connectivity index (χ0v) is 18.5. The van der Waals surface area contributed by atoms with Crippen molar-refractivity contribution in [2.75, 3.05) is 18.9 Å². The number of fused-ring (bicyclic) bond motifs is 1. The van der Waals surface area contributed by atoms with Gasteiger partial charge in [0.15, 0.2) is 27.9 Å². The summed E-state index contributed by atoms with van der Waals surface area (Å²) in [5, 5.41) is 7.11. The van der Waals surface area contributed by atoms with Crippen LogP contribution in [-0.4, -0.2) is 44.2 Å². The van der Waals surface area contributed by atoms with Crippen LogP contribution in [0.4, 0.5) is 19.0 Å². The van der Waals surface area contributed by atoms with Crippen LogP contribution in [0, 0.1) is 5.82 Å². The zero-order valence-electron chi connectivity index (χ0n) is 17.7. The van der Waals surface area contributed by atoms with E-state index in [2.05, 4.69) is 19.7 Å². The Morgan fingerprint density at radius 1 is 1.18 bits per heavy atom. The minimum Gasteiger partial charge on any atom is -0.495 e. The van der Waals surface area contributed by atoms with Crippen molar-refractivity contribution in [1.82, 2.24) is 14.9 Å². The van der Waals surface area contributed by atoms with Crippen LogP contribution in [0.3, 0.4) is 0 Å². The number of methoxy groups -OCH3 is 2. The molecule has 0 fully saturated rings. The molecule has 0 atom stereocenters. The third kappa shape index (κ3) is 4.31. The van der Waals surface area contributed by atoms with Crippen LogP contribution in [-0.2, 0) is 16.6 Å². The third-order valence-electron chi connectivity index (χ3n) is 4.71. The quantitative estimate of drug-likeness (QED) is 0.372. The molecule has 34 heavy (non-hydrogen) atoms. The van der Waals surface area contributed by atoms with Crippen LogP contribution in [0.25, 0.3) is 11.0 Å². The number of benzene rings is 2. The van der Waals surface area contributed by atoms with Gasteiger partial charge in [-0.1, -0.05) is 11.2 Å². The lowest BCUT2D eigenvalue weighted by Crippen LogP contribution is -2.16. The minimum atomic E-state index is -4.47. The number of nitrogens with one attached hydrogen (secondary N) is 1. The Morgan fingerprint density at radius 2 is 1.88 bits per heavy atom. The summed E-state index contributed by atoms with van der Waals surface area (Å²) in [6.45, 7) is -3.54. The Labute approximate surface area is 190 Å². The highest BCUT2D eigenvalue weighted by Gasteiger charge is 2.30. The van der Waals surface area contributed by atoms with E-state index >= 15 is 4.39 Å². The Balaban J connectivity index is 1.84. The van der Waals surface area contributed by atoms with E-state index in [1.807, 2.05) is 0 Å². The lowest BCUT2D eigenvalue weighted by atomic mass is 10.1. The van der Waals surface area contributed by atoms with E-state index in [-0.39, 0.29) is 34.1 Å². The first-order valence-electron chi connectivity index (χ1n) is 9.52. The number of alkyl halides is 2. The zero-order chi connectivity index (χ0) is 24.5. The summed E-state index contributed by atoms with van der Waals surface area (Å²) in [6, 6.07) is 7.06. The molecule has 0 aliphatic carbocycles. The van der Waals surface area contributed by atoms with Gasteiger partial charge in [-0.2, -0.15) is 13.9 Å². The Hall–Kier alpha value is -3.94. The molecule has 0 unspecified atom stereocenters. The van der Waals surface area contributed by atoms with Gasteiger partial charge in [-0.3, -0.25) is 9.40 Å². The Kier molecular flexibility index (Phi) is 6.24. The molecule has 0 saturated heterocycles. The van der Waals surface area contributed by atoms with Crippen LogP contribution in [0.1, 0.15) is 5.56 Å². The Bertz CT molecular complexity index is 1400. The molecule has 0 spiro atoms. The van der Waals surface area contributed by atoms with Crippen molar-refractivity contribution < 1.29 is 40.3 Å². The van der Waals surface area contributed by atoms with Gasteiger partial charge < -0.3 is 18.7 Å². The largest absolute Gasteiger partial charge is 0.495 e. The molecule has 2 aromatic heterocycles. The molecule has 2 heterocycles. The van der Waals surface area contributed by atoms with Gasteiger partial charge >= 0.3 is 6.61 Å². The molecular formula is C20H17F3N4O6S. The standard InChI is InChI=1S/C20H17F3N4O6S/c1-30-12-5-3-6-13(31-2)18(12)34(28,29)26-19-15-14(33-25-19)9-11(10-27-8-4-7-24-27)16(21)17(15)32-20(22)23/h3-9,20H,10H2,1-2H3,(H,25,26). The number of halogens is 3. The van der Waals surface area contributed by atoms with Gasteiger partial charge in [-0.05, 0) is 24.3 Å². The van der Waals surface area contributed by atoms with Crippen molar-refractivity contribution in [2.45, 2.75) is 18.1 Å². The second-order valence-electron chi connectivity index (χ2n) is 6.76. The third-order valence-corrected chi connectivity index (χ3v) is 6.11. The van der Waals surface area contributed by atoms with Crippen molar-refractivity contribution in [1.29, 1.82) is 0 Å². The van der Waals surface area contributed by atoms with Gasteiger partial charge in [0.2, 0.25) is 0 Å². The van der Waals surface area contributed by atoms with Crippen molar-refractivity contribution >= 4 is 26.8 Å². The highest BCUT2D eigenvalue weighted by Crippen LogP contribution is 2.40. The number of aromatic nitrogens is 3. The van der Waals surface area contributed by atoms with Gasteiger partial charge in [-0.15, -0.1) is 0 Å². The molecule has 1 N–H and O–H groups in total. The molecule has 0 aliphatic heterocycles. The van der Waals surface area contributed by atoms with Gasteiger partial charge in [0.05, 0.1) is 20.8 Å². The first-order chi connectivity index (χ1) is 16.2. The van der Waals surface area contributed by atoms with Crippen molar-refractivity contribution in [3.8, 4) is 17.2 Å². The number of hydrogen-bond acceptors (Lipinski definition) is 8. The van der Waals surface area contributed by atoms with Crippen LogP contribution >= 0.6 is 0 Å². The monoisotopic (exact) mass is 498 g/mol. The lowest BCUT2D eigenvalue weighted by Gasteiger charge is -2.14. The first-order valence-corrected chi connectivity index (χ1v) is 11.0. The molecule has 0 amide bonds. The predicted octanol–water partition coefficient (Wildman–Crippen LogP) is 3.63. The highest BCUT2D eigenvalue weighted by atomic mass is 32.2. The minimum absolute atomic E-state index is 0.0589. The highest BCUT2D eigenvalue weighted by molar-refractivity contribution is 7.93. The average Bonchev–Trinajstić information content (AvgIpc) is 3.45. The molecule has 14 heteroatoms. The van der Waals surface area contributed by atoms with Gasteiger partial charge in [0.1, 0.15) is 16.9 Å². The van der Waals surface area contributed by atoms with Gasteiger partial charge in [0.25, 0.3) is 10.0 Å². The summed E-state index contributed by atoms with van der Waals surface area (Å²) in [5.74, 6) is -2.77. The second kappa shape index (κ2) is 9.13. The fourth-order valence-electron chi connectivity index (χ4n) is 3.31. The maximum atomic E-state index is 15.2. The molecule has 10 nitrogen and oxygen atoms in total. The van der Waals surface area contributed by atoms with Crippen LogP contribution in [0.15, 0.2) is 52.1 Å². The molecule has 4 aromatic rings. The molecule has 4 rings (SSSR count). The molecule has 0 radical (unpaired) electrons. The molecule has 2 aromatic carbocycles. The fourth-order valence-corrected chi connectivity index (χ4v) is 4.64. The predicted molar refractivity (Wildman–Crippen MR) is 112 cm³/mol. The second-order valence-corrected chi connectivity index (χ2v) is 8.38. The number of rotatable bonds is 9. The van der Waals surface area contributed by atoms with E-state index in [0.717, 1.165) is 0 Å². The van der Waals surface area contributed by atoms with Crippen LogP contribution < -0.4 is 18.9 Å². The molecular weight excluding hydrogens is 481 g/mol. The Morgan fingerprint density at radius 3 is 2.47 bits per heavy atom. The van der Waals surface area contributed by atoms with Crippen molar-refractivity contribution in [2.24, 2.45) is 0 Å². The van der Waals surface area contributed by atoms with E-state index < -0.39 is 39.4 Å². The van der Waals surface area contributed by atoms with Gasteiger partial charge in [0, 0.05) is 18.0 Å². The molecule has 0 saturated carbocycles. The summed E-state index contributed by atoms with van der Waals surface area (Å²) < 4.78 is 91.0. The number of anilines is 1. The topological polar surface area (TPSA) is 118 Å². The molecule has 180 valence electrons. The van der Waals surface area contributed by atoms with Crippen molar-refractivity contribution in [3.05, 3.63) is 54.1 Å². The van der Waals surface area contributed by atoms with E-state index in [4.69, 9.17) is 14.0 Å². The van der Waals surface area contributed by atoms with Crippen molar-refractivity contribution in [3.63, 3.8) is 0 Å². The average molecular weight is 498 g/mol. The summed E-state index contributed by atoms with van der Waals surface area (Å²) in [5.41, 5.74) is -0.285. The summed E-state index contributed by atoms with van der Waals surface area (Å²) in [4.78, 5) is -0.386. The van der Waals surface area contributed by atoms with E-state index in [0.29, 0.717) is 0 Å². The number of hydrogen-bond donors (Lipinski definition) is 1. The number of ether oxygens (including phenoxy) is 3. The molecule has 0 bridgehead atoms. The SMILES string of the molecule is COc1cccc(OC)c1S(=O)(=O)Nc1noc2cc(Cn3cccn3)c(F)c(OC(F)F)c12. The summed E-state index contributed by atoms with van der Waals surface area (Å²) >= 11 is 0. The summed E-state index contributed by atoms with van der Waals surface area (Å²) in [6.07, 6.45) is 3.00. The number of nitrogens with zero attached hydrogens (tertiary/aromatic N) is 3. The lowest BCUT2D eigenvalue weighted by molar-refractivity contribution is -0.0511. The van der Waals surface area contributed by atoms with E-state index in [1.165, 1.54) is 55.6 Å². The fraction of sp³-hybridized carbons (Fsp3) is 0.200. The normalized spacial score (nSPS) is 11.7. The maximum absolute atomic E-state index is 15.2. The smallest absolute Gasteiger partial charge is 0.387 e. The summed E-state index contributed by atoms with van der Waals surface area (Å²) in [7, 11) is -1.96. The first kappa shape index (κ1) is 23.2. The van der Waals surface area contributed by atoms with E-state index in [1.54, 1.807) is 6.07 Å². The van der Waals surface area contributed by atoms with E-state index in [9.17, 15) is 17.2 Å². The maximum Gasteiger partial charge on any atom is 0.387 e. The molecule has 0 aliphatic rings. The van der Waals surface area contributed by atoms with Gasteiger partial charge in [-0.25, -0.2) is 12.8 Å². The number of sulfonamides is 1.